The second-order valence-electron chi connectivity index (χ2n) is 4.36. The number of rotatable bonds is 3. The summed E-state index contributed by atoms with van der Waals surface area (Å²) in [4.78, 5) is 9.12. The van der Waals surface area contributed by atoms with Crippen LogP contribution >= 0.6 is 11.8 Å². The van der Waals surface area contributed by atoms with Crippen LogP contribution in [0, 0.1) is 0 Å². The lowest BCUT2D eigenvalue weighted by molar-refractivity contribution is 0.297. The molecule has 3 rings (SSSR count). The van der Waals surface area contributed by atoms with E-state index in [1.54, 1.807) is 0 Å². The molecule has 1 aromatic heterocycles. The zero-order valence-electron chi connectivity index (χ0n) is 11.5. The van der Waals surface area contributed by atoms with E-state index in [1.807, 2.05) is 18.2 Å². The largest absolute Gasteiger partial charge is 0.490 e. The van der Waals surface area contributed by atoms with Crippen LogP contribution in [0.25, 0.3) is 0 Å². The second kappa shape index (κ2) is 6.09. The van der Waals surface area contributed by atoms with E-state index < -0.39 is 0 Å². The summed E-state index contributed by atoms with van der Waals surface area (Å²) in [5.41, 5.74) is 6.41. The molecule has 1 aromatic carbocycles. The minimum absolute atomic E-state index is 0.377. The summed E-state index contributed by atoms with van der Waals surface area (Å²) >= 11 is 1.43. The first kappa shape index (κ1) is 13.8. The molecule has 0 saturated carbocycles. The number of aromatic nitrogens is 2. The molecule has 0 radical (unpaired) electrons. The number of ether oxygens (including phenoxy) is 3. The number of nitrogens with two attached hydrogens (primary N) is 1. The van der Waals surface area contributed by atoms with Gasteiger partial charge in [0.1, 0.15) is 17.0 Å². The van der Waals surface area contributed by atoms with Crippen LogP contribution < -0.4 is 19.9 Å². The van der Waals surface area contributed by atoms with Gasteiger partial charge in [-0.1, -0.05) is 11.8 Å². The van der Waals surface area contributed by atoms with Crippen molar-refractivity contribution in [3.63, 3.8) is 0 Å². The maximum atomic E-state index is 5.98. The van der Waals surface area contributed by atoms with E-state index in [1.165, 1.54) is 25.2 Å². The van der Waals surface area contributed by atoms with Crippen LogP contribution in [0.1, 0.15) is 6.42 Å². The van der Waals surface area contributed by atoms with Gasteiger partial charge in [0.2, 0.25) is 5.88 Å². The highest BCUT2D eigenvalue weighted by Crippen LogP contribution is 2.38. The molecule has 1 aliphatic rings. The Balaban J connectivity index is 1.87. The number of anilines is 1. The van der Waals surface area contributed by atoms with Crippen LogP contribution in [0.15, 0.2) is 34.4 Å². The maximum absolute atomic E-state index is 5.98. The van der Waals surface area contributed by atoms with Crippen LogP contribution in [0.4, 0.5) is 5.69 Å². The second-order valence-corrected chi connectivity index (χ2v) is 5.43. The van der Waals surface area contributed by atoms with E-state index in [9.17, 15) is 0 Å². The van der Waals surface area contributed by atoms with E-state index in [0.29, 0.717) is 29.8 Å². The summed E-state index contributed by atoms with van der Waals surface area (Å²) in [6.07, 6.45) is 2.31. The Morgan fingerprint density at radius 3 is 2.81 bits per heavy atom. The number of hydrogen-bond acceptors (Lipinski definition) is 7. The summed E-state index contributed by atoms with van der Waals surface area (Å²) in [6.45, 7) is 1.33. The lowest BCUT2D eigenvalue weighted by Crippen LogP contribution is -1.99. The average Bonchev–Trinajstić information content (AvgIpc) is 2.74. The normalized spacial score (nSPS) is 13.6. The molecule has 0 aliphatic carbocycles. The summed E-state index contributed by atoms with van der Waals surface area (Å²) in [5.74, 6) is 1.89. The zero-order chi connectivity index (χ0) is 14.7. The van der Waals surface area contributed by atoms with E-state index in [0.717, 1.165) is 22.8 Å². The number of methoxy groups -OCH3 is 1. The smallest absolute Gasteiger partial charge is 0.241 e. The van der Waals surface area contributed by atoms with Crippen LogP contribution in [0.2, 0.25) is 0 Å². The van der Waals surface area contributed by atoms with Gasteiger partial charge in [-0.25, -0.2) is 4.98 Å². The number of nitrogen functional groups attached to an aromatic ring is 1. The number of hydrogen-bond donors (Lipinski definition) is 1. The Morgan fingerprint density at radius 1 is 1.19 bits per heavy atom. The summed E-state index contributed by atoms with van der Waals surface area (Å²) in [5, 5.41) is 0.649. The molecule has 0 bridgehead atoms. The van der Waals surface area contributed by atoms with Gasteiger partial charge < -0.3 is 19.9 Å². The van der Waals surface area contributed by atoms with Gasteiger partial charge in [-0.2, -0.15) is 4.98 Å². The van der Waals surface area contributed by atoms with Crippen molar-refractivity contribution >= 4 is 17.4 Å². The molecular weight excluding hydrogens is 290 g/mol. The van der Waals surface area contributed by atoms with Gasteiger partial charge in [0.15, 0.2) is 11.5 Å². The average molecular weight is 305 g/mol. The third-order valence-electron chi connectivity index (χ3n) is 2.94. The SMILES string of the molecule is COc1ncnc(Sc2ccc3c(c2)OCCCO3)c1N. The van der Waals surface area contributed by atoms with Gasteiger partial charge in [-0.15, -0.1) is 0 Å². The van der Waals surface area contributed by atoms with E-state index in [2.05, 4.69) is 9.97 Å². The van der Waals surface area contributed by atoms with Gasteiger partial charge in [-0.3, -0.25) is 0 Å². The predicted molar refractivity (Wildman–Crippen MR) is 79.2 cm³/mol. The van der Waals surface area contributed by atoms with Crippen LogP contribution in [0.3, 0.4) is 0 Å². The number of fused-ring (bicyclic) bond motifs is 1. The Morgan fingerprint density at radius 2 is 2.00 bits per heavy atom. The molecule has 0 spiro atoms. The molecule has 110 valence electrons. The molecule has 2 heterocycles. The molecule has 0 atom stereocenters. The lowest BCUT2D eigenvalue weighted by Gasteiger charge is -2.10. The van der Waals surface area contributed by atoms with Crippen molar-refractivity contribution in [3.8, 4) is 17.4 Å². The molecule has 1 aliphatic heterocycles. The van der Waals surface area contributed by atoms with Crippen LogP contribution in [-0.4, -0.2) is 30.3 Å². The first-order chi connectivity index (χ1) is 10.3. The Labute approximate surface area is 126 Å². The fraction of sp³-hybridized carbons (Fsp3) is 0.286. The van der Waals surface area contributed by atoms with Gasteiger partial charge in [0.05, 0.1) is 20.3 Å². The topological polar surface area (TPSA) is 79.5 Å². The molecule has 0 fully saturated rings. The van der Waals surface area contributed by atoms with Gasteiger partial charge in [0, 0.05) is 11.3 Å². The minimum Gasteiger partial charge on any atom is -0.490 e. The number of nitrogens with zero attached hydrogens (tertiary/aromatic N) is 2. The third-order valence-corrected chi connectivity index (χ3v) is 3.95. The van der Waals surface area contributed by atoms with E-state index in [-0.39, 0.29) is 0 Å². The van der Waals surface area contributed by atoms with Crippen molar-refractivity contribution in [1.29, 1.82) is 0 Å². The van der Waals surface area contributed by atoms with Crippen molar-refractivity contribution in [1.82, 2.24) is 9.97 Å². The summed E-state index contributed by atoms with van der Waals surface area (Å²) in [6, 6.07) is 5.78. The first-order valence-electron chi connectivity index (χ1n) is 6.50. The molecule has 6 nitrogen and oxygen atoms in total. The number of benzene rings is 1. The van der Waals surface area contributed by atoms with E-state index in [4.69, 9.17) is 19.9 Å². The fourth-order valence-corrected chi connectivity index (χ4v) is 2.75. The molecule has 0 saturated heterocycles. The molecule has 0 unspecified atom stereocenters. The summed E-state index contributed by atoms with van der Waals surface area (Å²) < 4.78 is 16.4. The van der Waals surface area contributed by atoms with Gasteiger partial charge in [-0.05, 0) is 18.2 Å². The molecule has 21 heavy (non-hydrogen) atoms. The predicted octanol–water partition coefficient (Wildman–Crippen LogP) is 2.38. The quantitative estimate of drug-likeness (QED) is 0.872. The molecular formula is C14H15N3O3S. The fourth-order valence-electron chi connectivity index (χ4n) is 1.93. The highest BCUT2D eigenvalue weighted by molar-refractivity contribution is 7.99. The lowest BCUT2D eigenvalue weighted by atomic mass is 10.3. The Bertz CT molecular complexity index is 651. The molecule has 2 aromatic rings. The summed E-state index contributed by atoms with van der Waals surface area (Å²) in [7, 11) is 1.53. The standard InChI is InChI=1S/C14H15N3O3S/c1-18-13-12(15)14(17-8-16-13)21-9-3-4-10-11(7-9)20-6-2-5-19-10/h3-4,7-8H,2,5-6,15H2,1H3. The van der Waals surface area contributed by atoms with Crippen molar-refractivity contribution in [2.75, 3.05) is 26.1 Å². The third kappa shape index (κ3) is 2.97. The van der Waals surface area contributed by atoms with Crippen LogP contribution in [0.5, 0.6) is 17.4 Å². The molecule has 2 N–H and O–H groups in total. The van der Waals surface area contributed by atoms with Crippen molar-refractivity contribution in [2.45, 2.75) is 16.3 Å². The zero-order valence-corrected chi connectivity index (χ0v) is 12.4. The van der Waals surface area contributed by atoms with Gasteiger partial charge >= 0.3 is 0 Å². The van der Waals surface area contributed by atoms with Crippen LogP contribution in [-0.2, 0) is 0 Å². The first-order valence-corrected chi connectivity index (χ1v) is 7.31. The highest BCUT2D eigenvalue weighted by Gasteiger charge is 2.14. The monoisotopic (exact) mass is 305 g/mol. The molecule has 0 amide bonds. The van der Waals surface area contributed by atoms with Crippen molar-refractivity contribution in [2.24, 2.45) is 0 Å². The van der Waals surface area contributed by atoms with Crippen molar-refractivity contribution in [3.05, 3.63) is 24.5 Å². The van der Waals surface area contributed by atoms with Gasteiger partial charge in [0.25, 0.3) is 0 Å². The Hall–Kier alpha value is -2.15. The van der Waals surface area contributed by atoms with Crippen molar-refractivity contribution < 1.29 is 14.2 Å². The maximum Gasteiger partial charge on any atom is 0.241 e. The minimum atomic E-state index is 0.377. The highest BCUT2D eigenvalue weighted by atomic mass is 32.2. The Kier molecular flexibility index (Phi) is 4.01. The van der Waals surface area contributed by atoms with E-state index >= 15 is 0 Å². The molecule has 7 heteroatoms.